The van der Waals surface area contributed by atoms with Crippen LogP contribution in [0.25, 0.3) is 10.9 Å². The largest absolute Gasteiger partial charge is 0.478 e. The Balaban J connectivity index is 2.01. The van der Waals surface area contributed by atoms with Crippen molar-refractivity contribution in [2.75, 3.05) is 5.32 Å². The lowest BCUT2D eigenvalue weighted by Crippen LogP contribution is -2.22. The van der Waals surface area contributed by atoms with E-state index in [2.05, 4.69) is 17.2 Å². The molecule has 2 unspecified atom stereocenters. The number of aromatic carboxylic acids is 1. The van der Waals surface area contributed by atoms with Crippen LogP contribution in [0.15, 0.2) is 30.3 Å². The van der Waals surface area contributed by atoms with Crippen molar-refractivity contribution in [3.8, 4) is 0 Å². The second kappa shape index (κ2) is 5.12. The van der Waals surface area contributed by atoms with Crippen LogP contribution >= 0.6 is 0 Å². The van der Waals surface area contributed by atoms with Gasteiger partial charge in [-0.3, -0.25) is 0 Å². The van der Waals surface area contributed by atoms with Crippen molar-refractivity contribution in [3.05, 3.63) is 35.9 Å². The minimum Gasteiger partial charge on any atom is -0.478 e. The van der Waals surface area contributed by atoms with Gasteiger partial charge in [-0.1, -0.05) is 31.5 Å². The molecule has 1 fully saturated rings. The molecular weight excluding hydrogens is 252 g/mol. The Morgan fingerprint density at radius 1 is 1.35 bits per heavy atom. The molecule has 20 heavy (non-hydrogen) atoms. The SMILES string of the molecule is CC1CCCC1Nc1cc(C(=O)O)c2ccccc2n1. The summed E-state index contributed by atoms with van der Waals surface area (Å²) in [5.74, 6) is 0.363. The number of nitrogens with zero attached hydrogens (tertiary/aromatic N) is 1. The highest BCUT2D eigenvalue weighted by atomic mass is 16.4. The second-order valence-corrected chi connectivity index (χ2v) is 5.54. The van der Waals surface area contributed by atoms with E-state index in [0.717, 1.165) is 11.9 Å². The number of benzene rings is 1. The quantitative estimate of drug-likeness (QED) is 0.895. The molecule has 1 aliphatic rings. The standard InChI is InChI=1S/C16H18N2O2/c1-10-5-4-8-13(10)17-15-9-12(16(19)20)11-6-2-3-7-14(11)18-15/h2-3,6-7,9-10,13H,4-5,8H2,1H3,(H,17,18)(H,19,20). The fraction of sp³-hybridized carbons (Fsp3) is 0.375. The molecule has 2 atom stereocenters. The van der Waals surface area contributed by atoms with Gasteiger partial charge in [-0.2, -0.15) is 0 Å². The van der Waals surface area contributed by atoms with Gasteiger partial charge in [0.05, 0.1) is 11.1 Å². The van der Waals surface area contributed by atoms with Crippen LogP contribution in [0.2, 0.25) is 0 Å². The number of anilines is 1. The van der Waals surface area contributed by atoms with Gasteiger partial charge in [-0.15, -0.1) is 0 Å². The van der Waals surface area contributed by atoms with E-state index < -0.39 is 5.97 Å². The number of hydrogen-bond acceptors (Lipinski definition) is 3. The summed E-state index contributed by atoms with van der Waals surface area (Å²) in [6.45, 7) is 2.23. The zero-order chi connectivity index (χ0) is 14.1. The molecule has 0 spiro atoms. The number of carboxylic acid groups (broad SMARTS) is 1. The van der Waals surface area contributed by atoms with Gasteiger partial charge in [0, 0.05) is 11.4 Å². The average Bonchev–Trinajstić information content (AvgIpc) is 2.83. The number of para-hydroxylation sites is 1. The maximum absolute atomic E-state index is 11.4. The Labute approximate surface area is 117 Å². The average molecular weight is 270 g/mol. The number of rotatable bonds is 3. The minimum absolute atomic E-state index is 0.309. The first-order valence-corrected chi connectivity index (χ1v) is 7.05. The Hall–Kier alpha value is -2.10. The molecule has 0 radical (unpaired) electrons. The van der Waals surface area contributed by atoms with Crippen molar-refractivity contribution < 1.29 is 9.90 Å². The molecule has 0 saturated heterocycles. The van der Waals surface area contributed by atoms with Gasteiger partial charge in [0.2, 0.25) is 0 Å². The lowest BCUT2D eigenvalue weighted by molar-refractivity contribution is 0.0699. The summed E-state index contributed by atoms with van der Waals surface area (Å²) in [6, 6.07) is 9.41. The summed E-state index contributed by atoms with van der Waals surface area (Å²) in [5.41, 5.74) is 1.03. The molecule has 1 aromatic carbocycles. The Kier molecular flexibility index (Phi) is 3.30. The molecule has 0 bridgehead atoms. The first-order valence-electron chi connectivity index (χ1n) is 7.05. The Morgan fingerprint density at radius 3 is 2.85 bits per heavy atom. The van der Waals surface area contributed by atoms with Crippen LogP contribution in [-0.4, -0.2) is 22.1 Å². The minimum atomic E-state index is -0.911. The molecule has 4 heteroatoms. The van der Waals surface area contributed by atoms with Crippen molar-refractivity contribution in [2.24, 2.45) is 5.92 Å². The Bertz CT molecular complexity index is 654. The van der Waals surface area contributed by atoms with Gasteiger partial charge in [0.15, 0.2) is 0 Å². The van der Waals surface area contributed by atoms with Crippen LogP contribution in [-0.2, 0) is 0 Å². The fourth-order valence-corrected chi connectivity index (χ4v) is 2.98. The van der Waals surface area contributed by atoms with E-state index in [1.54, 1.807) is 12.1 Å². The third-order valence-corrected chi connectivity index (χ3v) is 4.14. The summed E-state index contributed by atoms with van der Waals surface area (Å²) in [5, 5.41) is 13.5. The number of nitrogens with one attached hydrogen (secondary N) is 1. The molecule has 1 aliphatic carbocycles. The lowest BCUT2D eigenvalue weighted by Gasteiger charge is -2.18. The predicted molar refractivity (Wildman–Crippen MR) is 79.1 cm³/mol. The van der Waals surface area contributed by atoms with Gasteiger partial charge >= 0.3 is 5.97 Å². The van der Waals surface area contributed by atoms with Crippen LogP contribution < -0.4 is 5.32 Å². The first-order chi connectivity index (χ1) is 9.65. The molecule has 3 rings (SSSR count). The second-order valence-electron chi connectivity index (χ2n) is 5.54. The zero-order valence-corrected chi connectivity index (χ0v) is 11.5. The van der Waals surface area contributed by atoms with Gasteiger partial charge in [0.25, 0.3) is 0 Å². The Morgan fingerprint density at radius 2 is 2.15 bits per heavy atom. The van der Waals surface area contributed by atoms with Crippen molar-refractivity contribution >= 4 is 22.7 Å². The maximum atomic E-state index is 11.4. The van der Waals surface area contributed by atoms with E-state index in [1.807, 2.05) is 18.2 Å². The summed E-state index contributed by atoms with van der Waals surface area (Å²) >= 11 is 0. The molecule has 0 amide bonds. The number of carboxylic acids is 1. The lowest BCUT2D eigenvalue weighted by atomic mass is 10.1. The van der Waals surface area contributed by atoms with E-state index >= 15 is 0 Å². The number of fused-ring (bicyclic) bond motifs is 1. The maximum Gasteiger partial charge on any atom is 0.336 e. The van der Waals surface area contributed by atoms with Gasteiger partial charge in [0.1, 0.15) is 5.82 Å². The number of carbonyl (C=O) groups is 1. The van der Waals surface area contributed by atoms with E-state index in [1.165, 1.54) is 12.8 Å². The van der Waals surface area contributed by atoms with E-state index in [4.69, 9.17) is 0 Å². The normalized spacial score (nSPS) is 22.1. The molecule has 1 saturated carbocycles. The first kappa shape index (κ1) is 12.9. The monoisotopic (exact) mass is 270 g/mol. The summed E-state index contributed by atoms with van der Waals surface area (Å²) in [6.07, 6.45) is 3.56. The van der Waals surface area contributed by atoms with Crippen molar-refractivity contribution in [2.45, 2.75) is 32.2 Å². The number of aromatic nitrogens is 1. The van der Waals surface area contributed by atoms with Crippen LogP contribution in [0.5, 0.6) is 0 Å². The topological polar surface area (TPSA) is 62.2 Å². The molecule has 2 aromatic rings. The number of pyridine rings is 1. The van der Waals surface area contributed by atoms with Crippen molar-refractivity contribution in [1.29, 1.82) is 0 Å². The highest BCUT2D eigenvalue weighted by Gasteiger charge is 2.24. The molecule has 0 aliphatic heterocycles. The summed E-state index contributed by atoms with van der Waals surface area (Å²) in [7, 11) is 0. The fourth-order valence-electron chi connectivity index (χ4n) is 2.98. The van der Waals surface area contributed by atoms with Crippen molar-refractivity contribution in [3.63, 3.8) is 0 Å². The molecule has 104 valence electrons. The van der Waals surface area contributed by atoms with E-state index in [-0.39, 0.29) is 0 Å². The predicted octanol–water partition coefficient (Wildman–Crippen LogP) is 3.53. The van der Waals surface area contributed by atoms with Gasteiger partial charge in [-0.05, 0) is 30.9 Å². The number of hydrogen-bond donors (Lipinski definition) is 2. The third kappa shape index (κ3) is 2.33. The molecule has 1 aromatic heterocycles. The van der Waals surface area contributed by atoms with Gasteiger partial charge < -0.3 is 10.4 Å². The summed E-state index contributed by atoms with van der Waals surface area (Å²) in [4.78, 5) is 16.0. The third-order valence-electron chi connectivity index (χ3n) is 4.14. The molecular formula is C16H18N2O2. The molecule has 1 heterocycles. The molecule has 4 nitrogen and oxygen atoms in total. The van der Waals surface area contributed by atoms with Gasteiger partial charge in [-0.25, -0.2) is 9.78 Å². The van der Waals surface area contributed by atoms with Crippen molar-refractivity contribution in [1.82, 2.24) is 4.98 Å². The zero-order valence-electron chi connectivity index (χ0n) is 11.5. The molecule has 2 N–H and O–H groups in total. The van der Waals surface area contributed by atoms with Crippen LogP contribution in [0.1, 0.15) is 36.5 Å². The highest BCUT2D eigenvalue weighted by Crippen LogP contribution is 2.29. The van der Waals surface area contributed by atoms with E-state index in [0.29, 0.717) is 28.7 Å². The van der Waals surface area contributed by atoms with Crippen LogP contribution in [0.3, 0.4) is 0 Å². The smallest absolute Gasteiger partial charge is 0.336 e. The highest BCUT2D eigenvalue weighted by molar-refractivity contribution is 6.03. The van der Waals surface area contributed by atoms with E-state index in [9.17, 15) is 9.90 Å². The van der Waals surface area contributed by atoms with Crippen LogP contribution in [0, 0.1) is 5.92 Å². The summed E-state index contributed by atoms with van der Waals surface area (Å²) < 4.78 is 0. The van der Waals surface area contributed by atoms with Crippen LogP contribution in [0.4, 0.5) is 5.82 Å².